The Morgan fingerprint density at radius 1 is 1.28 bits per heavy atom. The second-order valence-electron chi connectivity index (χ2n) is 5.62. The molecule has 0 spiro atoms. The molecule has 0 saturated carbocycles. The molecule has 2 aromatic rings. The molecular weight excluding hydrogens is 346 g/mol. The summed E-state index contributed by atoms with van der Waals surface area (Å²) in [4.78, 5) is 24.1. The van der Waals surface area contributed by atoms with Gasteiger partial charge in [-0.1, -0.05) is 23.7 Å². The van der Waals surface area contributed by atoms with Gasteiger partial charge in [-0.05, 0) is 29.8 Å². The third-order valence-electron chi connectivity index (χ3n) is 3.90. The summed E-state index contributed by atoms with van der Waals surface area (Å²) in [5.41, 5.74) is 6.91. The molecule has 8 heteroatoms. The number of hydrogen-bond acceptors (Lipinski definition) is 6. The largest absolute Gasteiger partial charge is 0.467 e. The van der Waals surface area contributed by atoms with E-state index in [-0.39, 0.29) is 25.1 Å². The average Bonchev–Trinajstić information content (AvgIpc) is 3.30. The zero-order chi connectivity index (χ0) is 17.6. The second kappa shape index (κ2) is 8.15. The molecule has 1 amide bonds. The van der Waals surface area contributed by atoms with Crippen LogP contribution < -0.4 is 16.2 Å². The quantitative estimate of drug-likeness (QED) is 0.674. The third kappa shape index (κ3) is 4.60. The van der Waals surface area contributed by atoms with Gasteiger partial charge in [0.05, 0.1) is 24.8 Å². The van der Waals surface area contributed by atoms with Crippen LogP contribution in [0.25, 0.3) is 0 Å². The summed E-state index contributed by atoms with van der Waals surface area (Å²) in [6.07, 6.45) is 1.53. The Hall–Kier alpha value is -2.35. The van der Waals surface area contributed by atoms with E-state index in [0.717, 1.165) is 5.56 Å². The van der Waals surface area contributed by atoms with Gasteiger partial charge in [-0.2, -0.15) is 0 Å². The summed E-state index contributed by atoms with van der Waals surface area (Å²) in [5.74, 6) is -0.622. The molecule has 1 aromatic heterocycles. The van der Waals surface area contributed by atoms with Crippen molar-refractivity contribution in [3.05, 3.63) is 59.0 Å². The van der Waals surface area contributed by atoms with Crippen molar-refractivity contribution in [1.29, 1.82) is 0 Å². The van der Waals surface area contributed by atoms with Gasteiger partial charge in [-0.25, -0.2) is 5.43 Å². The minimum atomic E-state index is -0.439. The number of furan rings is 1. The highest BCUT2D eigenvalue weighted by atomic mass is 35.5. The number of nitrogens with one attached hydrogen (secondary N) is 3. The summed E-state index contributed by atoms with van der Waals surface area (Å²) >= 11 is 5.89. The molecule has 2 heterocycles. The van der Waals surface area contributed by atoms with Crippen LogP contribution in [0.1, 0.15) is 17.4 Å². The SMILES string of the molecule is O=C(COC(=O)C1CNNC1c1ccc(Cl)cc1)NCc1ccco1. The van der Waals surface area contributed by atoms with Crippen molar-refractivity contribution in [2.24, 2.45) is 5.92 Å². The Kier molecular flexibility index (Phi) is 5.70. The first-order chi connectivity index (χ1) is 12.1. The van der Waals surface area contributed by atoms with Crippen LogP contribution in [0.2, 0.25) is 5.02 Å². The van der Waals surface area contributed by atoms with Crippen LogP contribution in [0.4, 0.5) is 0 Å². The Balaban J connectivity index is 1.49. The molecule has 132 valence electrons. The zero-order valence-corrected chi connectivity index (χ0v) is 14.1. The van der Waals surface area contributed by atoms with Gasteiger partial charge in [0.2, 0.25) is 0 Å². The summed E-state index contributed by atoms with van der Waals surface area (Å²) in [6, 6.07) is 10.5. The molecule has 1 aliphatic rings. The summed E-state index contributed by atoms with van der Waals surface area (Å²) in [7, 11) is 0. The van der Waals surface area contributed by atoms with Gasteiger partial charge in [0, 0.05) is 11.6 Å². The highest BCUT2D eigenvalue weighted by Crippen LogP contribution is 2.26. The fourth-order valence-electron chi connectivity index (χ4n) is 2.60. The number of carbonyl (C=O) groups excluding carboxylic acids is 2. The van der Waals surface area contributed by atoms with Crippen molar-refractivity contribution in [2.75, 3.05) is 13.2 Å². The highest BCUT2D eigenvalue weighted by molar-refractivity contribution is 6.30. The first-order valence-electron chi connectivity index (χ1n) is 7.83. The predicted molar refractivity (Wildman–Crippen MR) is 90.3 cm³/mol. The van der Waals surface area contributed by atoms with Gasteiger partial charge in [0.15, 0.2) is 6.61 Å². The number of rotatable bonds is 6. The lowest BCUT2D eigenvalue weighted by Gasteiger charge is -2.17. The predicted octanol–water partition coefficient (Wildman–Crippen LogP) is 1.56. The lowest BCUT2D eigenvalue weighted by molar-refractivity contribution is -0.152. The standard InChI is InChI=1S/C17H18ClN3O4/c18-12-5-3-11(4-6-12)16-14(9-20-21-16)17(23)25-10-15(22)19-8-13-2-1-7-24-13/h1-7,14,16,20-21H,8-10H2,(H,19,22). The fourth-order valence-corrected chi connectivity index (χ4v) is 2.72. The lowest BCUT2D eigenvalue weighted by Crippen LogP contribution is -2.32. The maximum atomic E-state index is 12.3. The van der Waals surface area contributed by atoms with Crippen LogP contribution >= 0.6 is 11.6 Å². The van der Waals surface area contributed by atoms with Crippen molar-refractivity contribution in [2.45, 2.75) is 12.6 Å². The molecule has 1 saturated heterocycles. The van der Waals surface area contributed by atoms with Crippen molar-refractivity contribution in [3.63, 3.8) is 0 Å². The van der Waals surface area contributed by atoms with E-state index in [1.807, 2.05) is 12.1 Å². The number of amides is 1. The number of esters is 1. The Labute approximate surface area is 149 Å². The lowest BCUT2D eigenvalue weighted by atomic mass is 9.95. The van der Waals surface area contributed by atoms with E-state index in [9.17, 15) is 9.59 Å². The highest BCUT2D eigenvalue weighted by Gasteiger charge is 2.35. The fraction of sp³-hybridized carbons (Fsp3) is 0.294. The maximum Gasteiger partial charge on any atom is 0.312 e. The van der Waals surface area contributed by atoms with E-state index in [2.05, 4.69) is 16.2 Å². The van der Waals surface area contributed by atoms with Crippen LogP contribution in [-0.4, -0.2) is 25.0 Å². The van der Waals surface area contributed by atoms with E-state index in [1.54, 1.807) is 24.3 Å². The van der Waals surface area contributed by atoms with Crippen LogP contribution in [0.15, 0.2) is 47.1 Å². The molecule has 2 unspecified atom stereocenters. The second-order valence-corrected chi connectivity index (χ2v) is 6.06. The number of benzene rings is 1. The van der Waals surface area contributed by atoms with E-state index >= 15 is 0 Å². The van der Waals surface area contributed by atoms with E-state index in [1.165, 1.54) is 6.26 Å². The van der Waals surface area contributed by atoms with Crippen LogP contribution in [0, 0.1) is 5.92 Å². The molecule has 0 aliphatic carbocycles. The number of hydrazine groups is 1. The van der Waals surface area contributed by atoms with Gasteiger partial charge >= 0.3 is 5.97 Å². The Bertz CT molecular complexity index is 718. The molecule has 3 rings (SSSR count). The molecular formula is C17H18ClN3O4. The smallest absolute Gasteiger partial charge is 0.312 e. The number of carbonyl (C=O) groups is 2. The van der Waals surface area contributed by atoms with Gasteiger partial charge < -0.3 is 14.5 Å². The molecule has 1 aliphatic heterocycles. The number of halogens is 1. The molecule has 25 heavy (non-hydrogen) atoms. The maximum absolute atomic E-state index is 12.3. The van der Waals surface area contributed by atoms with Crippen LogP contribution in [-0.2, 0) is 20.9 Å². The van der Waals surface area contributed by atoms with E-state index < -0.39 is 11.9 Å². The normalized spacial score (nSPS) is 19.6. The summed E-state index contributed by atoms with van der Waals surface area (Å²) < 4.78 is 10.3. The topological polar surface area (TPSA) is 92.6 Å². The molecule has 1 aromatic carbocycles. The molecule has 1 fully saturated rings. The summed E-state index contributed by atoms with van der Waals surface area (Å²) in [6.45, 7) is 0.340. The Morgan fingerprint density at radius 2 is 2.08 bits per heavy atom. The van der Waals surface area contributed by atoms with Gasteiger partial charge in [-0.3, -0.25) is 15.0 Å². The molecule has 7 nitrogen and oxygen atoms in total. The van der Waals surface area contributed by atoms with Crippen molar-refractivity contribution >= 4 is 23.5 Å². The van der Waals surface area contributed by atoms with E-state index in [0.29, 0.717) is 17.3 Å². The van der Waals surface area contributed by atoms with Crippen LogP contribution in [0.3, 0.4) is 0 Å². The van der Waals surface area contributed by atoms with Gasteiger partial charge in [0.1, 0.15) is 5.76 Å². The van der Waals surface area contributed by atoms with Crippen molar-refractivity contribution < 1.29 is 18.7 Å². The first-order valence-corrected chi connectivity index (χ1v) is 8.21. The Morgan fingerprint density at radius 3 is 2.80 bits per heavy atom. The van der Waals surface area contributed by atoms with Crippen molar-refractivity contribution in [3.8, 4) is 0 Å². The number of ether oxygens (including phenoxy) is 1. The average molecular weight is 364 g/mol. The minimum absolute atomic E-state index is 0.240. The molecule has 2 atom stereocenters. The van der Waals surface area contributed by atoms with Gasteiger partial charge in [0.25, 0.3) is 5.91 Å². The summed E-state index contributed by atoms with van der Waals surface area (Å²) in [5, 5.41) is 3.25. The van der Waals surface area contributed by atoms with Gasteiger partial charge in [-0.15, -0.1) is 0 Å². The minimum Gasteiger partial charge on any atom is -0.467 e. The monoisotopic (exact) mass is 363 g/mol. The number of hydrogen-bond donors (Lipinski definition) is 3. The zero-order valence-electron chi connectivity index (χ0n) is 13.3. The third-order valence-corrected chi connectivity index (χ3v) is 4.15. The molecule has 0 bridgehead atoms. The van der Waals surface area contributed by atoms with Crippen LogP contribution in [0.5, 0.6) is 0 Å². The molecule has 3 N–H and O–H groups in total. The molecule has 0 radical (unpaired) electrons. The first kappa shape index (κ1) is 17.5. The van der Waals surface area contributed by atoms with Crippen molar-refractivity contribution in [1.82, 2.24) is 16.2 Å². The van der Waals surface area contributed by atoms with E-state index in [4.69, 9.17) is 20.8 Å².